The van der Waals surface area contributed by atoms with Gasteiger partial charge < -0.3 is 4.74 Å². The summed E-state index contributed by atoms with van der Waals surface area (Å²) in [7, 11) is 0. The van der Waals surface area contributed by atoms with E-state index < -0.39 is 0 Å². The maximum atomic E-state index is 11.8. The van der Waals surface area contributed by atoms with E-state index in [1.807, 2.05) is 6.07 Å². The number of nitrogens with zero attached hydrogens (tertiary/aromatic N) is 2. The molecular formula is C16H12BrN3O2. The number of carbonyl (C=O) groups excluding carboxylic acids is 1. The van der Waals surface area contributed by atoms with Crippen LogP contribution in [0.1, 0.15) is 15.9 Å². The maximum Gasteiger partial charge on any atom is 0.272 e. The van der Waals surface area contributed by atoms with Crippen LogP contribution in [-0.4, -0.2) is 23.7 Å². The van der Waals surface area contributed by atoms with Gasteiger partial charge >= 0.3 is 0 Å². The number of benzene rings is 1. The Kier molecular flexibility index (Phi) is 5.69. The van der Waals surface area contributed by atoms with Gasteiger partial charge in [-0.1, -0.05) is 21.9 Å². The zero-order valence-corrected chi connectivity index (χ0v) is 13.1. The molecule has 110 valence electrons. The molecule has 1 heterocycles. The maximum absolute atomic E-state index is 11.8. The van der Waals surface area contributed by atoms with Gasteiger partial charge in [0.15, 0.2) is 0 Å². The Balaban J connectivity index is 2.03. The van der Waals surface area contributed by atoms with Crippen molar-refractivity contribution in [1.82, 2.24) is 10.4 Å². The molecule has 0 spiro atoms. The molecule has 0 aliphatic heterocycles. The van der Waals surface area contributed by atoms with Gasteiger partial charge in [-0.15, -0.1) is 6.42 Å². The van der Waals surface area contributed by atoms with E-state index in [1.54, 1.807) is 30.5 Å². The van der Waals surface area contributed by atoms with Gasteiger partial charge in [0.05, 0.1) is 11.8 Å². The minimum absolute atomic E-state index is 0.190. The van der Waals surface area contributed by atoms with Crippen LogP contribution in [0.4, 0.5) is 0 Å². The molecule has 0 saturated carbocycles. The molecule has 0 bridgehead atoms. The highest BCUT2D eigenvalue weighted by atomic mass is 79.9. The highest BCUT2D eigenvalue weighted by Crippen LogP contribution is 2.21. The molecule has 0 unspecified atom stereocenters. The lowest BCUT2D eigenvalue weighted by Gasteiger charge is -2.05. The van der Waals surface area contributed by atoms with Crippen molar-refractivity contribution in [3.8, 4) is 18.1 Å². The van der Waals surface area contributed by atoms with Gasteiger partial charge in [-0.05, 0) is 30.3 Å². The van der Waals surface area contributed by atoms with E-state index in [0.717, 1.165) is 10.0 Å². The summed E-state index contributed by atoms with van der Waals surface area (Å²) < 4.78 is 6.15. The summed E-state index contributed by atoms with van der Waals surface area (Å²) in [5, 5.41) is 3.92. The number of aromatic nitrogens is 1. The minimum atomic E-state index is -0.333. The molecule has 6 heteroatoms. The molecule has 2 rings (SSSR count). The molecule has 0 saturated heterocycles. The topological polar surface area (TPSA) is 63.6 Å². The number of pyridine rings is 1. The van der Waals surface area contributed by atoms with Crippen LogP contribution in [0.2, 0.25) is 0 Å². The van der Waals surface area contributed by atoms with Gasteiger partial charge in [-0.25, -0.2) is 5.43 Å². The van der Waals surface area contributed by atoms with Crippen LogP contribution in [0.3, 0.4) is 0 Å². The van der Waals surface area contributed by atoms with Crippen molar-refractivity contribution in [3.05, 3.63) is 58.3 Å². The van der Waals surface area contributed by atoms with Crippen molar-refractivity contribution in [3.63, 3.8) is 0 Å². The predicted octanol–water partition coefficient (Wildman–Crippen LogP) is 2.62. The Bertz CT molecular complexity index is 724. The summed E-state index contributed by atoms with van der Waals surface area (Å²) in [5.41, 5.74) is 3.62. The first-order valence-electron chi connectivity index (χ1n) is 6.30. The van der Waals surface area contributed by atoms with Crippen molar-refractivity contribution >= 4 is 28.1 Å². The summed E-state index contributed by atoms with van der Waals surface area (Å²) in [6.07, 6.45) is 9.73. The number of rotatable bonds is 5. The highest BCUT2D eigenvalue weighted by Gasteiger charge is 2.03. The van der Waals surface area contributed by atoms with E-state index in [1.165, 1.54) is 12.4 Å². The van der Waals surface area contributed by atoms with Crippen LogP contribution in [0, 0.1) is 12.3 Å². The Hall–Kier alpha value is -2.65. The average molecular weight is 358 g/mol. The van der Waals surface area contributed by atoms with Gasteiger partial charge in [0.1, 0.15) is 12.4 Å². The Morgan fingerprint density at radius 3 is 3.09 bits per heavy atom. The zero-order valence-electron chi connectivity index (χ0n) is 11.5. The number of halogens is 1. The van der Waals surface area contributed by atoms with Crippen LogP contribution in [0.5, 0.6) is 5.75 Å². The molecule has 5 nitrogen and oxygen atoms in total. The fourth-order valence-corrected chi connectivity index (χ4v) is 1.91. The fourth-order valence-electron chi connectivity index (χ4n) is 1.56. The van der Waals surface area contributed by atoms with E-state index in [-0.39, 0.29) is 12.5 Å². The monoisotopic (exact) mass is 357 g/mol. The van der Waals surface area contributed by atoms with E-state index >= 15 is 0 Å². The van der Waals surface area contributed by atoms with Crippen LogP contribution in [0.15, 0.2) is 52.3 Å². The molecule has 0 atom stereocenters. The molecule has 1 aromatic heterocycles. The van der Waals surface area contributed by atoms with E-state index in [9.17, 15) is 4.79 Å². The summed E-state index contributed by atoms with van der Waals surface area (Å²) in [6.45, 7) is 0.190. The van der Waals surface area contributed by atoms with E-state index in [0.29, 0.717) is 11.3 Å². The number of nitrogens with one attached hydrogen (secondary N) is 1. The van der Waals surface area contributed by atoms with Crippen molar-refractivity contribution in [2.24, 2.45) is 5.10 Å². The number of amides is 1. The molecule has 1 aromatic carbocycles. The summed E-state index contributed by atoms with van der Waals surface area (Å²) in [4.78, 5) is 15.7. The zero-order chi connectivity index (χ0) is 15.8. The quantitative estimate of drug-likeness (QED) is 0.508. The van der Waals surface area contributed by atoms with Gasteiger partial charge in [-0.3, -0.25) is 9.78 Å². The number of ether oxygens (including phenoxy) is 1. The second-order valence-corrected chi connectivity index (χ2v) is 4.97. The van der Waals surface area contributed by atoms with Crippen molar-refractivity contribution in [2.45, 2.75) is 0 Å². The highest BCUT2D eigenvalue weighted by molar-refractivity contribution is 9.10. The lowest BCUT2D eigenvalue weighted by atomic mass is 10.2. The number of hydrogen-bond donors (Lipinski definition) is 1. The summed E-state index contributed by atoms with van der Waals surface area (Å²) in [5.74, 6) is 2.69. The third-order valence-electron chi connectivity index (χ3n) is 2.58. The fraction of sp³-hybridized carbons (Fsp3) is 0.0625. The first kappa shape index (κ1) is 15.7. The summed E-state index contributed by atoms with van der Waals surface area (Å²) >= 11 is 3.40. The van der Waals surface area contributed by atoms with Gasteiger partial charge in [0.2, 0.25) is 0 Å². The molecule has 0 aliphatic rings. The van der Waals surface area contributed by atoms with Crippen molar-refractivity contribution < 1.29 is 9.53 Å². The Morgan fingerprint density at radius 2 is 2.36 bits per heavy atom. The van der Waals surface area contributed by atoms with Gasteiger partial charge in [-0.2, -0.15) is 5.10 Å². The van der Waals surface area contributed by atoms with Crippen LogP contribution in [0.25, 0.3) is 0 Å². The molecule has 0 aliphatic carbocycles. The molecule has 1 N–H and O–H groups in total. The largest absolute Gasteiger partial charge is 0.481 e. The molecule has 0 radical (unpaired) electrons. The smallest absolute Gasteiger partial charge is 0.272 e. The molecule has 1 amide bonds. The predicted molar refractivity (Wildman–Crippen MR) is 87.8 cm³/mol. The third kappa shape index (κ3) is 4.43. The standard InChI is InChI=1S/C16H12BrN3O2/c1-2-8-22-14-5-6-15(17)13(9-14)11-19-20-16(21)12-4-3-7-18-10-12/h1,3-7,9-11H,8H2,(H,20,21)/b19-11+. The molecular weight excluding hydrogens is 346 g/mol. The lowest BCUT2D eigenvalue weighted by molar-refractivity contribution is 0.0955. The summed E-state index contributed by atoms with van der Waals surface area (Å²) in [6, 6.07) is 8.70. The molecule has 0 fully saturated rings. The number of carbonyl (C=O) groups is 1. The van der Waals surface area contributed by atoms with Crippen LogP contribution >= 0.6 is 15.9 Å². The first-order chi connectivity index (χ1) is 10.7. The van der Waals surface area contributed by atoms with Crippen molar-refractivity contribution in [2.75, 3.05) is 6.61 Å². The second kappa shape index (κ2) is 7.96. The van der Waals surface area contributed by atoms with E-state index in [4.69, 9.17) is 11.2 Å². The van der Waals surface area contributed by atoms with Crippen LogP contribution in [-0.2, 0) is 0 Å². The van der Waals surface area contributed by atoms with Gasteiger partial charge in [0, 0.05) is 22.4 Å². The van der Waals surface area contributed by atoms with E-state index in [2.05, 4.69) is 37.4 Å². The van der Waals surface area contributed by atoms with Crippen molar-refractivity contribution in [1.29, 1.82) is 0 Å². The Morgan fingerprint density at radius 1 is 1.50 bits per heavy atom. The number of hydrogen-bond acceptors (Lipinski definition) is 4. The number of terminal acetylenes is 1. The molecule has 22 heavy (non-hydrogen) atoms. The number of hydrazone groups is 1. The lowest BCUT2D eigenvalue weighted by Crippen LogP contribution is -2.17. The average Bonchev–Trinajstić information content (AvgIpc) is 2.56. The third-order valence-corrected chi connectivity index (χ3v) is 3.31. The SMILES string of the molecule is C#CCOc1ccc(Br)c(/C=N/NC(=O)c2cccnc2)c1. The van der Waals surface area contributed by atoms with Gasteiger partial charge in [0.25, 0.3) is 5.91 Å². The normalized spacial score (nSPS) is 10.2. The molecule has 2 aromatic rings. The minimum Gasteiger partial charge on any atom is -0.481 e. The Labute approximate surface area is 136 Å². The van der Waals surface area contributed by atoms with Crippen LogP contribution < -0.4 is 10.2 Å². The first-order valence-corrected chi connectivity index (χ1v) is 7.09. The second-order valence-electron chi connectivity index (χ2n) is 4.12.